The number of benzene rings is 7. The molecule has 7 aromatic rings. The molecule has 0 aliphatic heterocycles. The van der Waals surface area contributed by atoms with Crippen molar-refractivity contribution < 1.29 is 0 Å². The van der Waals surface area contributed by atoms with Crippen molar-refractivity contribution in [1.82, 2.24) is 0 Å². The fourth-order valence-electron chi connectivity index (χ4n) is 10.4. The predicted molar refractivity (Wildman–Crippen MR) is 260 cm³/mol. The molecule has 2 aliphatic rings. The molecule has 7 aromatic carbocycles. The summed E-state index contributed by atoms with van der Waals surface area (Å²) < 4.78 is 0. The Kier molecular flexibility index (Phi) is 11.6. The van der Waals surface area contributed by atoms with Crippen molar-refractivity contribution in [3.8, 4) is 0 Å². The van der Waals surface area contributed by atoms with Crippen molar-refractivity contribution in [2.75, 3.05) is 9.80 Å². The van der Waals surface area contributed by atoms with E-state index in [0.29, 0.717) is 11.8 Å². The van der Waals surface area contributed by atoms with Gasteiger partial charge in [-0.05, 0) is 166 Å². The summed E-state index contributed by atoms with van der Waals surface area (Å²) in [5.41, 5.74) is 14.1. The van der Waals surface area contributed by atoms with E-state index in [1.165, 1.54) is 148 Å². The van der Waals surface area contributed by atoms with Gasteiger partial charge >= 0.3 is 0 Å². The van der Waals surface area contributed by atoms with Crippen LogP contribution in [0.25, 0.3) is 21.5 Å². The summed E-state index contributed by atoms with van der Waals surface area (Å²) in [5.74, 6) is 1.35. The summed E-state index contributed by atoms with van der Waals surface area (Å²) >= 11 is 0. The molecule has 0 amide bonds. The van der Waals surface area contributed by atoms with Gasteiger partial charge in [0.2, 0.25) is 0 Å². The van der Waals surface area contributed by atoms with Crippen LogP contribution >= 0.6 is 0 Å². The van der Waals surface area contributed by atoms with Crippen LogP contribution in [0.2, 0.25) is 0 Å². The van der Waals surface area contributed by atoms with Gasteiger partial charge in [-0.25, -0.2) is 0 Å². The maximum absolute atomic E-state index is 2.52. The Labute approximate surface area is 360 Å². The van der Waals surface area contributed by atoms with Crippen molar-refractivity contribution in [1.29, 1.82) is 0 Å². The summed E-state index contributed by atoms with van der Waals surface area (Å²) in [6.45, 7) is 11.6. The number of anilines is 6. The van der Waals surface area contributed by atoms with E-state index in [2.05, 4.69) is 184 Å². The first-order valence-corrected chi connectivity index (χ1v) is 23.3. The monoisotopic (exact) mass is 789 g/mol. The summed E-state index contributed by atoms with van der Waals surface area (Å²) in [4.78, 5) is 5.01. The van der Waals surface area contributed by atoms with Crippen LogP contribution in [0.1, 0.15) is 138 Å². The largest absolute Gasteiger partial charge is 0.310 e. The molecule has 2 saturated carbocycles. The van der Waals surface area contributed by atoms with E-state index in [1.807, 2.05) is 0 Å². The molecule has 60 heavy (non-hydrogen) atoms. The van der Waals surface area contributed by atoms with Crippen LogP contribution in [-0.4, -0.2) is 0 Å². The first-order valence-electron chi connectivity index (χ1n) is 23.3. The summed E-state index contributed by atoms with van der Waals surface area (Å²) in [6.07, 6.45) is 15.4. The van der Waals surface area contributed by atoms with Crippen molar-refractivity contribution in [2.24, 2.45) is 0 Å². The van der Waals surface area contributed by atoms with Gasteiger partial charge in [0.05, 0.1) is 5.69 Å². The first kappa shape index (κ1) is 40.1. The molecule has 0 heterocycles. The minimum atomic E-state index is -0.119. The lowest BCUT2D eigenvalue weighted by Crippen LogP contribution is -2.16. The highest BCUT2D eigenvalue weighted by Crippen LogP contribution is 2.48. The molecule has 306 valence electrons. The molecule has 0 saturated heterocycles. The Morgan fingerprint density at radius 1 is 0.417 bits per heavy atom. The fraction of sp³-hybridized carbons (Fsp3) is 0.345. The fourth-order valence-corrected chi connectivity index (χ4v) is 10.4. The van der Waals surface area contributed by atoms with E-state index in [9.17, 15) is 0 Å². The average Bonchev–Trinajstić information content (AvgIpc) is 3.30. The number of nitrogens with zero attached hydrogens (tertiary/aromatic N) is 2. The lowest BCUT2D eigenvalue weighted by molar-refractivity contribution is 0.443. The lowest BCUT2D eigenvalue weighted by atomic mass is 9.81. The molecule has 2 nitrogen and oxygen atoms in total. The number of hydrogen-bond acceptors (Lipinski definition) is 2. The quantitative estimate of drug-likeness (QED) is 0.127. The highest BCUT2D eigenvalue weighted by molar-refractivity contribution is 6.16. The minimum absolute atomic E-state index is 0.119. The highest BCUT2D eigenvalue weighted by Gasteiger charge is 2.26. The van der Waals surface area contributed by atoms with E-state index in [4.69, 9.17) is 0 Å². The van der Waals surface area contributed by atoms with Crippen LogP contribution in [0.4, 0.5) is 34.1 Å². The molecule has 2 fully saturated rings. The van der Waals surface area contributed by atoms with Gasteiger partial charge in [-0.3, -0.25) is 0 Å². The molecule has 9 rings (SSSR count). The lowest BCUT2D eigenvalue weighted by Gasteiger charge is -2.32. The number of rotatable bonds is 10. The Hall–Kier alpha value is -5.34. The third-order valence-electron chi connectivity index (χ3n) is 13.9. The zero-order valence-electron chi connectivity index (χ0n) is 36.8. The van der Waals surface area contributed by atoms with Crippen molar-refractivity contribution >= 4 is 55.7 Å². The van der Waals surface area contributed by atoms with Crippen molar-refractivity contribution in [2.45, 2.75) is 129 Å². The van der Waals surface area contributed by atoms with Crippen LogP contribution in [0.5, 0.6) is 0 Å². The van der Waals surface area contributed by atoms with Crippen LogP contribution in [0, 0.1) is 0 Å². The predicted octanol–water partition coefficient (Wildman–Crippen LogP) is 17.5. The number of fused-ring (bicyclic) bond motifs is 3. The van der Waals surface area contributed by atoms with Gasteiger partial charge in [0.1, 0.15) is 0 Å². The SMILES string of the molecule is CCc1ccc(N(c2ccc(C3CCCCC3)cc2)c2cc(C(C)(C)C)c3cc(N(c4ccc(CC)cc4)c4ccc(C5CCCCC5)cc4)c4ccccc4c3c2)cc1. The maximum Gasteiger partial charge on any atom is 0.0546 e. The Morgan fingerprint density at radius 3 is 1.30 bits per heavy atom. The van der Waals surface area contributed by atoms with E-state index >= 15 is 0 Å². The van der Waals surface area contributed by atoms with Gasteiger partial charge in [-0.15, -0.1) is 0 Å². The van der Waals surface area contributed by atoms with E-state index in [-0.39, 0.29) is 5.41 Å². The molecule has 0 spiro atoms. The third kappa shape index (κ3) is 8.11. The second-order valence-electron chi connectivity index (χ2n) is 18.8. The molecule has 0 unspecified atom stereocenters. The molecule has 2 aliphatic carbocycles. The summed E-state index contributed by atoms with van der Waals surface area (Å²) in [7, 11) is 0. The van der Waals surface area contributed by atoms with Crippen LogP contribution < -0.4 is 9.80 Å². The second kappa shape index (κ2) is 17.3. The van der Waals surface area contributed by atoms with Crippen molar-refractivity contribution in [3.63, 3.8) is 0 Å². The Balaban J connectivity index is 1.24. The van der Waals surface area contributed by atoms with Gasteiger partial charge in [0.25, 0.3) is 0 Å². The molecular weight excluding hydrogens is 725 g/mol. The number of hydrogen-bond donors (Lipinski definition) is 0. The van der Waals surface area contributed by atoms with Gasteiger partial charge in [0, 0.05) is 33.8 Å². The van der Waals surface area contributed by atoms with Crippen molar-refractivity contribution in [3.05, 3.63) is 167 Å². The average molecular weight is 789 g/mol. The van der Waals surface area contributed by atoms with Crippen LogP contribution in [0.15, 0.2) is 140 Å². The van der Waals surface area contributed by atoms with Gasteiger partial charge in [-0.1, -0.05) is 146 Å². The zero-order chi connectivity index (χ0) is 41.2. The first-order chi connectivity index (χ1) is 29.3. The Bertz CT molecular complexity index is 2530. The van der Waals surface area contributed by atoms with E-state index in [0.717, 1.165) is 12.8 Å². The number of aryl methyl sites for hydroxylation is 2. The van der Waals surface area contributed by atoms with E-state index < -0.39 is 0 Å². The normalized spacial score (nSPS) is 15.4. The smallest absolute Gasteiger partial charge is 0.0546 e. The molecular formula is C58H64N2. The minimum Gasteiger partial charge on any atom is -0.310 e. The van der Waals surface area contributed by atoms with Gasteiger partial charge in [-0.2, -0.15) is 0 Å². The molecule has 0 radical (unpaired) electrons. The standard InChI is InChI=1S/C58H64N2/c1-6-41-22-30-47(31-23-41)59(48-34-26-45(27-35-48)43-16-10-8-11-17-43)51-38-54-52-20-14-15-21-53(52)57(40-55(54)56(39-51)58(3,4)5)60(49-32-24-42(7-2)25-33-49)50-36-28-46(29-37-50)44-18-12-9-13-19-44/h14-15,20-40,43-44H,6-13,16-19H2,1-5H3. The van der Waals surface area contributed by atoms with Gasteiger partial charge in [0.15, 0.2) is 0 Å². The summed E-state index contributed by atoms with van der Waals surface area (Å²) in [6, 6.07) is 54.2. The maximum atomic E-state index is 2.52. The topological polar surface area (TPSA) is 6.48 Å². The second-order valence-corrected chi connectivity index (χ2v) is 18.8. The van der Waals surface area contributed by atoms with Crippen LogP contribution in [0.3, 0.4) is 0 Å². The molecule has 2 heteroatoms. The van der Waals surface area contributed by atoms with Gasteiger partial charge < -0.3 is 9.80 Å². The third-order valence-corrected chi connectivity index (χ3v) is 13.9. The van der Waals surface area contributed by atoms with E-state index in [1.54, 1.807) is 0 Å². The molecule has 0 aromatic heterocycles. The summed E-state index contributed by atoms with van der Waals surface area (Å²) in [5, 5.41) is 5.14. The Morgan fingerprint density at radius 2 is 0.850 bits per heavy atom. The molecule has 0 bridgehead atoms. The zero-order valence-corrected chi connectivity index (χ0v) is 36.8. The highest BCUT2D eigenvalue weighted by atomic mass is 15.1. The van der Waals surface area contributed by atoms with Crippen LogP contribution in [-0.2, 0) is 18.3 Å². The molecule has 0 N–H and O–H groups in total. The molecule has 0 atom stereocenters.